The number of fused-ring (bicyclic) bond motifs is 1. The fraction of sp³-hybridized carbons (Fsp3) is 0.406. The first-order valence-electron chi connectivity index (χ1n) is 14.0. The number of piperidine rings is 1. The summed E-state index contributed by atoms with van der Waals surface area (Å²) < 4.78 is 22.6. The van der Waals surface area contributed by atoms with E-state index in [0.29, 0.717) is 35.4 Å². The van der Waals surface area contributed by atoms with Crippen LogP contribution in [0.5, 0.6) is 11.5 Å². The molecule has 0 saturated carbocycles. The molecule has 1 N–H and O–H groups in total. The van der Waals surface area contributed by atoms with E-state index in [2.05, 4.69) is 42.9 Å². The molecular formula is C32H38FN5O2. The third-order valence-corrected chi connectivity index (χ3v) is 7.61. The molecule has 210 valence electrons. The van der Waals surface area contributed by atoms with Gasteiger partial charge in [-0.2, -0.15) is 0 Å². The maximum Gasteiger partial charge on any atom is 0.208 e. The molecule has 8 heteroatoms. The minimum absolute atomic E-state index is 0.102. The SMILES string of the molecule is CC1CCN(CC(=O)Cc2cc(Oc3ccc4c(c3)nc(Nc3cc(C(C)(C)C)ccc3F)n4C)ccn2)CC1. The molecule has 5 rings (SSSR count). The van der Waals surface area contributed by atoms with E-state index in [0.717, 1.165) is 48.4 Å². The normalized spacial score (nSPS) is 14.9. The number of likely N-dealkylation sites (tertiary alicyclic amines) is 1. The Morgan fingerprint density at radius 2 is 1.82 bits per heavy atom. The molecule has 1 aliphatic heterocycles. The number of ether oxygens (including phenoxy) is 1. The van der Waals surface area contributed by atoms with Crippen LogP contribution in [0.2, 0.25) is 0 Å². The number of nitrogens with zero attached hydrogens (tertiary/aromatic N) is 4. The molecule has 1 fully saturated rings. The smallest absolute Gasteiger partial charge is 0.208 e. The summed E-state index contributed by atoms with van der Waals surface area (Å²) in [7, 11) is 1.89. The average molecular weight is 544 g/mol. The third kappa shape index (κ3) is 6.50. The lowest BCUT2D eigenvalue weighted by Crippen LogP contribution is -2.37. The summed E-state index contributed by atoms with van der Waals surface area (Å²) in [4.78, 5) is 24.0. The van der Waals surface area contributed by atoms with Gasteiger partial charge in [-0.15, -0.1) is 0 Å². The van der Waals surface area contributed by atoms with Crippen LogP contribution in [0.4, 0.5) is 16.0 Å². The van der Waals surface area contributed by atoms with Gasteiger partial charge in [0.05, 0.1) is 35.4 Å². The lowest BCUT2D eigenvalue weighted by Gasteiger charge is -2.29. The molecule has 2 aromatic heterocycles. The minimum atomic E-state index is -0.332. The number of hydrogen-bond donors (Lipinski definition) is 1. The molecule has 4 aromatic rings. The second-order valence-electron chi connectivity index (χ2n) is 12.0. The third-order valence-electron chi connectivity index (χ3n) is 7.61. The maximum atomic E-state index is 14.6. The van der Waals surface area contributed by atoms with Gasteiger partial charge in [0.1, 0.15) is 17.3 Å². The molecule has 1 saturated heterocycles. The van der Waals surface area contributed by atoms with Crippen molar-refractivity contribution in [2.45, 2.75) is 52.4 Å². The van der Waals surface area contributed by atoms with Crippen LogP contribution in [0.15, 0.2) is 54.7 Å². The van der Waals surface area contributed by atoms with E-state index in [1.165, 1.54) is 6.07 Å². The summed E-state index contributed by atoms with van der Waals surface area (Å²) in [5, 5.41) is 3.16. The molecular weight excluding hydrogens is 505 g/mol. The van der Waals surface area contributed by atoms with Crippen molar-refractivity contribution in [3.05, 3.63) is 71.8 Å². The second kappa shape index (κ2) is 11.4. The van der Waals surface area contributed by atoms with E-state index in [1.54, 1.807) is 12.3 Å². The van der Waals surface area contributed by atoms with Crippen molar-refractivity contribution in [3.63, 3.8) is 0 Å². The Bertz CT molecular complexity index is 1520. The number of aromatic nitrogens is 3. The molecule has 0 amide bonds. The van der Waals surface area contributed by atoms with Crippen molar-refractivity contribution in [2.24, 2.45) is 13.0 Å². The largest absolute Gasteiger partial charge is 0.457 e. The average Bonchev–Trinajstić information content (AvgIpc) is 3.20. The standard InChI is InChI=1S/C32H38FN5O2/c1-21-11-14-38(15-12-21)20-24(39)17-23-18-26(10-13-34-23)40-25-7-9-30-29(19-25)36-31(37(30)5)35-28-16-22(32(2,3)4)6-8-27(28)33/h6-10,13,16,18-19,21H,11-12,14-15,17,20H2,1-5H3,(H,35,36). The molecule has 40 heavy (non-hydrogen) atoms. The summed E-state index contributed by atoms with van der Waals surface area (Å²) in [6.07, 6.45) is 4.25. The number of carbonyl (C=O) groups is 1. The van der Waals surface area contributed by atoms with E-state index in [9.17, 15) is 9.18 Å². The first-order valence-corrected chi connectivity index (χ1v) is 14.0. The Morgan fingerprint density at radius 3 is 2.58 bits per heavy atom. The zero-order chi connectivity index (χ0) is 28.4. The monoisotopic (exact) mass is 543 g/mol. The number of rotatable bonds is 8. The van der Waals surface area contributed by atoms with Crippen molar-refractivity contribution in [1.29, 1.82) is 0 Å². The Labute approximate surface area is 235 Å². The van der Waals surface area contributed by atoms with E-state index >= 15 is 0 Å². The van der Waals surface area contributed by atoms with Gasteiger partial charge in [0.25, 0.3) is 0 Å². The van der Waals surface area contributed by atoms with Gasteiger partial charge in [-0.05, 0) is 73.2 Å². The van der Waals surface area contributed by atoms with Crippen LogP contribution < -0.4 is 10.1 Å². The number of ketones is 1. The number of benzene rings is 2. The summed E-state index contributed by atoms with van der Waals surface area (Å²) in [5.41, 5.74) is 3.61. The highest BCUT2D eigenvalue weighted by Crippen LogP contribution is 2.31. The Morgan fingerprint density at radius 1 is 1.07 bits per heavy atom. The summed E-state index contributed by atoms with van der Waals surface area (Å²) in [5.74, 6) is 2.33. The number of nitrogens with one attached hydrogen (secondary N) is 1. The van der Waals surface area contributed by atoms with Crippen LogP contribution in [-0.4, -0.2) is 44.9 Å². The number of Topliss-reactive ketones (excluding diaryl/α,β-unsaturated/α-hetero) is 1. The van der Waals surface area contributed by atoms with E-state index in [1.807, 2.05) is 48.0 Å². The highest BCUT2D eigenvalue weighted by Gasteiger charge is 2.19. The fourth-order valence-electron chi connectivity index (χ4n) is 5.04. The van der Waals surface area contributed by atoms with E-state index in [4.69, 9.17) is 9.72 Å². The van der Waals surface area contributed by atoms with Crippen LogP contribution >= 0.6 is 0 Å². The van der Waals surface area contributed by atoms with Crippen LogP contribution in [0.3, 0.4) is 0 Å². The zero-order valence-corrected chi connectivity index (χ0v) is 24.0. The van der Waals surface area contributed by atoms with Crippen LogP contribution in [0, 0.1) is 11.7 Å². The van der Waals surface area contributed by atoms with Crippen molar-refractivity contribution < 1.29 is 13.9 Å². The molecule has 3 heterocycles. The summed E-state index contributed by atoms with van der Waals surface area (Å²) >= 11 is 0. The number of halogens is 1. The highest BCUT2D eigenvalue weighted by atomic mass is 19.1. The first-order chi connectivity index (χ1) is 19.0. The van der Waals surface area contributed by atoms with Crippen molar-refractivity contribution in [1.82, 2.24) is 19.4 Å². The second-order valence-corrected chi connectivity index (χ2v) is 12.0. The van der Waals surface area contributed by atoms with Gasteiger partial charge in [0.15, 0.2) is 5.78 Å². The Hall–Kier alpha value is -3.78. The molecule has 7 nitrogen and oxygen atoms in total. The lowest BCUT2D eigenvalue weighted by molar-refractivity contribution is -0.119. The molecule has 1 aliphatic rings. The summed E-state index contributed by atoms with van der Waals surface area (Å²) in [6, 6.07) is 14.4. The fourth-order valence-corrected chi connectivity index (χ4v) is 5.04. The number of hydrogen-bond acceptors (Lipinski definition) is 6. The highest BCUT2D eigenvalue weighted by molar-refractivity contribution is 5.83. The predicted octanol–water partition coefficient (Wildman–Crippen LogP) is 6.78. The van der Waals surface area contributed by atoms with E-state index in [-0.39, 0.29) is 23.4 Å². The van der Waals surface area contributed by atoms with Gasteiger partial charge in [0.2, 0.25) is 5.95 Å². The minimum Gasteiger partial charge on any atom is -0.457 e. The molecule has 0 spiro atoms. The van der Waals surface area contributed by atoms with Crippen molar-refractivity contribution >= 4 is 28.5 Å². The number of pyridine rings is 1. The van der Waals surface area contributed by atoms with Crippen LogP contribution in [-0.2, 0) is 23.7 Å². The van der Waals surface area contributed by atoms with E-state index < -0.39 is 0 Å². The first kappa shape index (κ1) is 27.8. The van der Waals surface area contributed by atoms with Gasteiger partial charge in [-0.1, -0.05) is 33.8 Å². The summed E-state index contributed by atoms with van der Waals surface area (Å²) in [6.45, 7) is 11.0. The van der Waals surface area contributed by atoms with Crippen LogP contribution in [0.1, 0.15) is 51.8 Å². The number of imidazole rings is 1. The number of anilines is 2. The predicted molar refractivity (Wildman–Crippen MR) is 157 cm³/mol. The maximum absolute atomic E-state index is 14.6. The van der Waals surface area contributed by atoms with Crippen molar-refractivity contribution in [3.8, 4) is 11.5 Å². The Kier molecular flexibility index (Phi) is 7.90. The van der Waals surface area contributed by atoms with Gasteiger partial charge in [0, 0.05) is 25.4 Å². The topological polar surface area (TPSA) is 72.3 Å². The van der Waals surface area contributed by atoms with Gasteiger partial charge in [-0.25, -0.2) is 9.37 Å². The van der Waals surface area contributed by atoms with Crippen molar-refractivity contribution in [2.75, 3.05) is 25.0 Å². The molecule has 0 unspecified atom stereocenters. The van der Waals surface area contributed by atoms with Crippen LogP contribution in [0.25, 0.3) is 11.0 Å². The van der Waals surface area contributed by atoms with Gasteiger partial charge < -0.3 is 14.6 Å². The lowest BCUT2D eigenvalue weighted by atomic mass is 9.87. The van der Waals surface area contributed by atoms with Gasteiger partial charge >= 0.3 is 0 Å². The van der Waals surface area contributed by atoms with Gasteiger partial charge in [-0.3, -0.25) is 14.7 Å². The molecule has 2 aromatic carbocycles. The molecule has 0 radical (unpaired) electrons. The Balaban J connectivity index is 1.28. The molecule has 0 atom stereocenters. The molecule has 0 aliphatic carbocycles. The quantitative estimate of drug-likeness (QED) is 0.264. The molecule has 0 bridgehead atoms. The zero-order valence-electron chi connectivity index (χ0n) is 24.0. The number of carbonyl (C=O) groups excluding carboxylic acids is 1. The number of aryl methyl sites for hydroxylation is 1.